The quantitative estimate of drug-likeness (QED) is 0.117. The van der Waals surface area contributed by atoms with Gasteiger partial charge in [-0.05, 0) is 73.5 Å². The van der Waals surface area contributed by atoms with Crippen molar-refractivity contribution in [3.63, 3.8) is 0 Å². The van der Waals surface area contributed by atoms with Gasteiger partial charge in [0.15, 0.2) is 6.61 Å². The molecule has 2 aromatic heterocycles. The number of methoxy groups -OCH3 is 2. The molecule has 0 bridgehead atoms. The molecular formula is C42H48N8O9S. The Hall–Kier alpha value is -5.82. The van der Waals surface area contributed by atoms with Crippen molar-refractivity contribution in [1.29, 1.82) is 0 Å². The van der Waals surface area contributed by atoms with Crippen molar-refractivity contribution in [1.82, 2.24) is 39.2 Å². The summed E-state index contributed by atoms with van der Waals surface area (Å²) >= 11 is 1.69. The topological polar surface area (TPSA) is 185 Å². The van der Waals surface area contributed by atoms with E-state index in [-0.39, 0.29) is 54.0 Å². The molecule has 17 nitrogen and oxygen atoms in total. The number of aromatic nitrogens is 2. The molecule has 5 amide bonds. The molecule has 2 atom stereocenters. The number of nitrogens with one attached hydrogen (secondary N) is 2. The zero-order valence-electron chi connectivity index (χ0n) is 34.2. The van der Waals surface area contributed by atoms with E-state index in [0.29, 0.717) is 36.5 Å². The molecule has 2 fully saturated rings. The number of likely N-dealkylation sites (N-methyl/N-ethyl adjacent to an activating group) is 1. The van der Waals surface area contributed by atoms with E-state index in [0.717, 1.165) is 53.0 Å². The number of hydrogen-bond donors (Lipinski definition) is 2. The molecule has 18 heteroatoms. The van der Waals surface area contributed by atoms with Gasteiger partial charge in [0.1, 0.15) is 23.3 Å². The van der Waals surface area contributed by atoms with Crippen LogP contribution in [-0.4, -0.2) is 137 Å². The van der Waals surface area contributed by atoms with E-state index < -0.39 is 29.7 Å². The van der Waals surface area contributed by atoms with E-state index in [1.54, 1.807) is 50.2 Å². The van der Waals surface area contributed by atoms with Gasteiger partial charge in [0.25, 0.3) is 23.3 Å². The average molecular weight is 841 g/mol. The maximum Gasteiger partial charge on any atom is 0.262 e. The standard InChI is InChI=1S/C42H48N8O9S/c1-46(15-13-44-37(52)24-59-26-6-7-28-29(20-26)42(56)50(41(28)55)33-8-9-36(51)45-39(33)53)16-17-49(60-5)38-11-14-48(38)23-32-34(57-3)18-25(19-35(32)58-4)31-22-47(2)40(54)30-21-43-12-10-27(30)31/h6-7,10,12,18-22,33,38H,8-9,11,13-17,23-24H2,1-5H3,(H,44,52)(H,45,51,53). The molecule has 3 aliphatic rings. The van der Waals surface area contributed by atoms with Crippen LogP contribution in [0.15, 0.2) is 59.8 Å². The van der Waals surface area contributed by atoms with Gasteiger partial charge in [0.2, 0.25) is 11.8 Å². The number of nitrogens with zero attached hydrogens (tertiary/aromatic N) is 6. The fourth-order valence-corrected chi connectivity index (χ4v) is 8.59. The van der Waals surface area contributed by atoms with E-state index in [2.05, 4.69) is 36.0 Å². The molecule has 0 radical (unpaired) electrons. The number of imide groups is 2. The van der Waals surface area contributed by atoms with E-state index in [1.165, 1.54) is 18.2 Å². The Morgan fingerprint density at radius 1 is 0.950 bits per heavy atom. The van der Waals surface area contributed by atoms with Crippen LogP contribution in [0, 0.1) is 0 Å². The molecule has 2 saturated heterocycles. The fourth-order valence-electron chi connectivity index (χ4n) is 7.85. The molecule has 0 spiro atoms. The van der Waals surface area contributed by atoms with E-state index in [4.69, 9.17) is 14.2 Å². The van der Waals surface area contributed by atoms with Crippen LogP contribution in [-0.2, 0) is 28.0 Å². The number of carbonyl (C=O) groups excluding carboxylic acids is 5. The molecule has 2 aromatic carbocycles. The van der Waals surface area contributed by atoms with E-state index >= 15 is 0 Å². The van der Waals surface area contributed by atoms with Crippen LogP contribution in [0.3, 0.4) is 0 Å². The molecule has 0 aliphatic carbocycles. The number of ether oxygens (including phenoxy) is 3. The van der Waals surface area contributed by atoms with Gasteiger partial charge in [-0.3, -0.25) is 48.9 Å². The summed E-state index contributed by atoms with van der Waals surface area (Å²) in [6.45, 7) is 3.80. The first-order chi connectivity index (χ1) is 28.9. The van der Waals surface area contributed by atoms with Crippen molar-refractivity contribution in [3.8, 4) is 28.4 Å². The van der Waals surface area contributed by atoms with Crippen LogP contribution < -0.4 is 30.4 Å². The second-order valence-electron chi connectivity index (χ2n) is 14.9. The smallest absolute Gasteiger partial charge is 0.262 e. The molecule has 5 heterocycles. The SMILES string of the molecule is COc1cc(-c2cn(C)c(=O)c3cnccc23)cc(OC)c1CN1CCC1N(CCN(C)CCNC(=O)COc1ccc2c(c1)C(=O)N(C1CCC(=O)NC1=O)C2=O)SC. The number of fused-ring (bicyclic) bond motifs is 2. The van der Waals surface area contributed by atoms with Crippen molar-refractivity contribution in [2.24, 2.45) is 7.05 Å². The predicted molar refractivity (Wildman–Crippen MR) is 224 cm³/mol. The Morgan fingerprint density at radius 3 is 2.38 bits per heavy atom. The van der Waals surface area contributed by atoms with Gasteiger partial charge in [-0.2, -0.15) is 0 Å². The number of hydrogen-bond acceptors (Lipinski definition) is 14. The largest absolute Gasteiger partial charge is 0.496 e. The first kappa shape index (κ1) is 42.3. The number of pyridine rings is 2. The monoisotopic (exact) mass is 840 g/mol. The number of piperidine rings is 1. The molecule has 316 valence electrons. The predicted octanol–water partition coefficient (Wildman–Crippen LogP) is 2.26. The minimum absolute atomic E-state index is 0.0302. The molecule has 7 rings (SSSR count). The van der Waals surface area contributed by atoms with Crippen LogP contribution in [0.5, 0.6) is 17.2 Å². The zero-order valence-corrected chi connectivity index (χ0v) is 35.0. The van der Waals surface area contributed by atoms with Crippen molar-refractivity contribution < 1.29 is 38.2 Å². The molecule has 2 N–H and O–H groups in total. The van der Waals surface area contributed by atoms with Crippen molar-refractivity contribution in [3.05, 3.63) is 82.0 Å². The highest BCUT2D eigenvalue weighted by molar-refractivity contribution is 7.96. The average Bonchev–Trinajstić information content (AvgIpc) is 3.48. The number of likely N-dealkylation sites (tertiary alicyclic amines) is 1. The van der Waals surface area contributed by atoms with Gasteiger partial charge in [-0.15, -0.1) is 0 Å². The number of amides is 5. The lowest BCUT2D eigenvalue weighted by atomic mass is 9.98. The van der Waals surface area contributed by atoms with Crippen molar-refractivity contribution >= 4 is 52.3 Å². The Balaban J connectivity index is 0.883. The fraction of sp³-hybridized carbons (Fsp3) is 0.405. The van der Waals surface area contributed by atoms with Gasteiger partial charge in [0, 0.05) is 76.9 Å². The summed E-state index contributed by atoms with van der Waals surface area (Å²) in [4.78, 5) is 85.0. The maximum atomic E-state index is 13.1. The van der Waals surface area contributed by atoms with Crippen LogP contribution in [0.25, 0.3) is 21.9 Å². The molecule has 60 heavy (non-hydrogen) atoms. The summed E-state index contributed by atoms with van der Waals surface area (Å²) in [6, 6.07) is 9.11. The number of aryl methyl sites for hydroxylation is 1. The summed E-state index contributed by atoms with van der Waals surface area (Å²) in [5.74, 6) is -1.10. The lowest BCUT2D eigenvalue weighted by molar-refractivity contribution is -0.136. The highest BCUT2D eigenvalue weighted by Gasteiger charge is 2.45. The molecule has 4 aromatic rings. The lowest BCUT2D eigenvalue weighted by Gasteiger charge is -2.47. The molecule has 3 aliphatic heterocycles. The van der Waals surface area contributed by atoms with Crippen LogP contribution in [0.1, 0.15) is 45.5 Å². The summed E-state index contributed by atoms with van der Waals surface area (Å²) in [5.41, 5.74) is 2.79. The van der Waals surface area contributed by atoms with E-state index in [1.807, 2.05) is 31.4 Å². The highest BCUT2D eigenvalue weighted by Crippen LogP contribution is 2.40. The summed E-state index contributed by atoms with van der Waals surface area (Å²) < 4.78 is 21.4. The van der Waals surface area contributed by atoms with Gasteiger partial charge in [-0.1, -0.05) is 11.9 Å². The number of carbonyl (C=O) groups is 5. The van der Waals surface area contributed by atoms with Crippen LogP contribution >= 0.6 is 11.9 Å². The second kappa shape index (κ2) is 18.2. The van der Waals surface area contributed by atoms with Crippen LogP contribution in [0.4, 0.5) is 0 Å². The minimum Gasteiger partial charge on any atom is -0.496 e. The summed E-state index contributed by atoms with van der Waals surface area (Å²) in [7, 11) is 7.04. The van der Waals surface area contributed by atoms with Gasteiger partial charge >= 0.3 is 0 Å². The summed E-state index contributed by atoms with van der Waals surface area (Å²) in [5, 5.41) is 6.39. The molecule has 0 saturated carbocycles. The van der Waals surface area contributed by atoms with Gasteiger partial charge in [0.05, 0.1) is 42.5 Å². The van der Waals surface area contributed by atoms with Crippen molar-refractivity contribution in [2.75, 3.05) is 66.9 Å². The third-order valence-corrected chi connectivity index (χ3v) is 12.1. The van der Waals surface area contributed by atoms with Crippen molar-refractivity contribution in [2.45, 2.75) is 38.0 Å². The second-order valence-corrected chi connectivity index (χ2v) is 15.7. The molecule has 2 unspecified atom stereocenters. The maximum absolute atomic E-state index is 13.1. The first-order valence-corrected chi connectivity index (χ1v) is 20.8. The Morgan fingerprint density at radius 2 is 1.70 bits per heavy atom. The highest BCUT2D eigenvalue weighted by atomic mass is 32.2. The Kier molecular flexibility index (Phi) is 12.8. The third-order valence-electron chi connectivity index (χ3n) is 11.2. The summed E-state index contributed by atoms with van der Waals surface area (Å²) in [6.07, 6.45) is 8.48. The number of rotatable bonds is 17. The van der Waals surface area contributed by atoms with Gasteiger partial charge < -0.3 is 29.0 Å². The lowest BCUT2D eigenvalue weighted by Crippen LogP contribution is -2.55. The zero-order chi connectivity index (χ0) is 42.7. The van der Waals surface area contributed by atoms with E-state index in [9.17, 15) is 28.8 Å². The third kappa shape index (κ3) is 8.58. The minimum atomic E-state index is -1.06. The Labute approximate surface area is 351 Å². The number of benzene rings is 2. The Bertz CT molecular complexity index is 2380. The van der Waals surface area contributed by atoms with Gasteiger partial charge in [-0.25, -0.2) is 4.31 Å². The first-order valence-electron chi connectivity index (χ1n) is 19.6. The normalized spacial score (nSPS) is 17.9. The van der Waals surface area contributed by atoms with Crippen LogP contribution in [0.2, 0.25) is 0 Å². The molecular weight excluding hydrogens is 793 g/mol.